The van der Waals surface area contributed by atoms with Gasteiger partial charge in [0, 0.05) is 25.1 Å². The van der Waals surface area contributed by atoms with E-state index in [0.717, 1.165) is 12.8 Å². The first-order chi connectivity index (χ1) is 13.0. The van der Waals surface area contributed by atoms with E-state index in [0.29, 0.717) is 36.2 Å². The molecule has 0 bridgehead atoms. The van der Waals surface area contributed by atoms with Crippen molar-refractivity contribution in [3.8, 4) is 11.1 Å². The lowest BCUT2D eigenvalue weighted by Gasteiger charge is -2.32. The van der Waals surface area contributed by atoms with E-state index < -0.39 is 5.97 Å². The molecular formula is C21H22N2O4. The largest absolute Gasteiger partial charge is 0.478 e. The quantitative estimate of drug-likeness (QED) is 0.849. The Morgan fingerprint density at radius 1 is 0.926 bits per heavy atom. The molecule has 0 spiro atoms. The zero-order chi connectivity index (χ0) is 19.4. The molecule has 2 amide bonds. The maximum absolute atomic E-state index is 13.1. The molecule has 2 aromatic rings. The number of aromatic carboxylic acids is 1. The number of carboxylic acids is 1. The molecule has 1 saturated heterocycles. The minimum Gasteiger partial charge on any atom is -0.478 e. The minimum atomic E-state index is -1.03. The second kappa shape index (κ2) is 8.03. The lowest BCUT2D eigenvalue weighted by atomic mass is 9.91. The average molecular weight is 366 g/mol. The molecule has 3 N–H and O–H groups in total. The highest BCUT2D eigenvalue weighted by Gasteiger charge is 2.26. The van der Waals surface area contributed by atoms with Gasteiger partial charge in [0.05, 0.1) is 5.56 Å². The summed E-state index contributed by atoms with van der Waals surface area (Å²) in [7, 11) is 0. The maximum atomic E-state index is 13.1. The highest BCUT2D eigenvalue weighted by Crippen LogP contribution is 2.29. The van der Waals surface area contributed by atoms with Crippen molar-refractivity contribution in [3.63, 3.8) is 0 Å². The number of piperidine rings is 1. The van der Waals surface area contributed by atoms with E-state index in [2.05, 4.69) is 0 Å². The lowest BCUT2D eigenvalue weighted by Crippen LogP contribution is -2.39. The zero-order valence-corrected chi connectivity index (χ0v) is 14.9. The number of nitrogens with zero attached hydrogens (tertiary/aromatic N) is 1. The van der Waals surface area contributed by atoms with E-state index >= 15 is 0 Å². The molecule has 0 unspecified atom stereocenters. The van der Waals surface area contributed by atoms with Gasteiger partial charge in [-0.15, -0.1) is 0 Å². The predicted octanol–water partition coefficient (Wildman–Crippen LogP) is 2.78. The van der Waals surface area contributed by atoms with Crippen LogP contribution in [-0.4, -0.2) is 40.9 Å². The van der Waals surface area contributed by atoms with Crippen LogP contribution in [0, 0.1) is 5.92 Å². The van der Waals surface area contributed by atoms with Gasteiger partial charge in [0.1, 0.15) is 0 Å². The fourth-order valence-corrected chi connectivity index (χ4v) is 3.60. The fraction of sp³-hybridized carbons (Fsp3) is 0.286. The van der Waals surface area contributed by atoms with Crippen molar-refractivity contribution in [1.82, 2.24) is 4.90 Å². The van der Waals surface area contributed by atoms with Gasteiger partial charge in [-0.2, -0.15) is 0 Å². The van der Waals surface area contributed by atoms with Gasteiger partial charge < -0.3 is 15.7 Å². The Balaban J connectivity index is 1.86. The molecular weight excluding hydrogens is 344 g/mol. The van der Waals surface area contributed by atoms with Crippen LogP contribution in [0.1, 0.15) is 40.0 Å². The second-order valence-electron chi connectivity index (χ2n) is 6.80. The summed E-state index contributed by atoms with van der Waals surface area (Å²) in [6.07, 6.45) is 1.83. The average Bonchev–Trinajstić information content (AvgIpc) is 2.67. The van der Waals surface area contributed by atoms with Crippen molar-refractivity contribution >= 4 is 17.8 Å². The topological polar surface area (TPSA) is 101 Å². The molecule has 140 valence electrons. The highest BCUT2D eigenvalue weighted by atomic mass is 16.4. The molecule has 1 aliphatic rings. The standard InChI is InChI=1S/C21H22N2O4/c22-19(24)13-14-9-11-23(12-10-14)20(25)17-7-3-1-5-15(17)16-6-2-4-8-18(16)21(26)27/h1-8,14H,9-13H2,(H2,22,24)(H,26,27). The van der Waals surface area contributed by atoms with Gasteiger partial charge in [-0.1, -0.05) is 36.4 Å². The van der Waals surface area contributed by atoms with Gasteiger partial charge in [0.25, 0.3) is 5.91 Å². The van der Waals surface area contributed by atoms with E-state index in [4.69, 9.17) is 5.73 Å². The van der Waals surface area contributed by atoms with E-state index in [9.17, 15) is 19.5 Å². The third kappa shape index (κ3) is 4.16. The predicted molar refractivity (Wildman–Crippen MR) is 101 cm³/mol. The summed E-state index contributed by atoms with van der Waals surface area (Å²) in [5.74, 6) is -1.24. The van der Waals surface area contributed by atoms with Crippen LogP contribution < -0.4 is 5.73 Å². The van der Waals surface area contributed by atoms with E-state index in [1.165, 1.54) is 6.07 Å². The van der Waals surface area contributed by atoms with Crippen LogP contribution in [0.25, 0.3) is 11.1 Å². The van der Waals surface area contributed by atoms with Gasteiger partial charge in [0.2, 0.25) is 5.91 Å². The second-order valence-corrected chi connectivity index (χ2v) is 6.80. The smallest absolute Gasteiger partial charge is 0.336 e. The summed E-state index contributed by atoms with van der Waals surface area (Å²) < 4.78 is 0. The van der Waals surface area contributed by atoms with Crippen LogP contribution in [0.3, 0.4) is 0 Å². The summed E-state index contributed by atoms with van der Waals surface area (Å²) >= 11 is 0. The summed E-state index contributed by atoms with van der Waals surface area (Å²) in [5, 5.41) is 9.47. The molecule has 6 heteroatoms. The van der Waals surface area contributed by atoms with Gasteiger partial charge in [0.15, 0.2) is 0 Å². The number of hydrogen-bond donors (Lipinski definition) is 2. The zero-order valence-electron chi connectivity index (χ0n) is 14.9. The van der Waals surface area contributed by atoms with Crippen molar-refractivity contribution in [2.24, 2.45) is 11.7 Å². The molecule has 27 heavy (non-hydrogen) atoms. The number of nitrogens with two attached hydrogens (primary N) is 1. The molecule has 0 saturated carbocycles. The number of amides is 2. The van der Waals surface area contributed by atoms with Crippen LogP contribution in [0.5, 0.6) is 0 Å². The number of carbonyl (C=O) groups is 3. The van der Waals surface area contributed by atoms with Crippen molar-refractivity contribution in [2.75, 3.05) is 13.1 Å². The molecule has 0 aromatic heterocycles. The summed E-state index contributed by atoms with van der Waals surface area (Å²) in [6.45, 7) is 1.12. The van der Waals surface area contributed by atoms with Gasteiger partial charge in [-0.25, -0.2) is 4.79 Å². The molecule has 2 aromatic carbocycles. The molecule has 1 fully saturated rings. The maximum Gasteiger partial charge on any atom is 0.336 e. The van der Waals surface area contributed by atoms with Crippen molar-refractivity contribution in [1.29, 1.82) is 0 Å². The highest BCUT2D eigenvalue weighted by molar-refractivity contribution is 6.04. The molecule has 0 aliphatic carbocycles. The molecule has 0 atom stereocenters. The first kappa shape index (κ1) is 18.6. The number of hydrogen-bond acceptors (Lipinski definition) is 3. The summed E-state index contributed by atoms with van der Waals surface area (Å²) in [6, 6.07) is 13.8. The van der Waals surface area contributed by atoms with Crippen LogP contribution >= 0.6 is 0 Å². The minimum absolute atomic E-state index is 0.122. The van der Waals surface area contributed by atoms with Gasteiger partial charge in [-0.3, -0.25) is 9.59 Å². The number of carbonyl (C=O) groups excluding carboxylic acids is 2. The fourth-order valence-electron chi connectivity index (χ4n) is 3.60. The Morgan fingerprint density at radius 2 is 1.44 bits per heavy atom. The van der Waals surface area contributed by atoms with Crippen LogP contribution in [0.4, 0.5) is 0 Å². The monoisotopic (exact) mass is 366 g/mol. The van der Waals surface area contributed by atoms with Crippen molar-refractivity contribution in [2.45, 2.75) is 19.3 Å². The lowest BCUT2D eigenvalue weighted by molar-refractivity contribution is -0.119. The summed E-state index contributed by atoms with van der Waals surface area (Å²) in [5.41, 5.74) is 7.05. The van der Waals surface area contributed by atoms with E-state index in [1.54, 1.807) is 47.4 Å². The van der Waals surface area contributed by atoms with Crippen LogP contribution in [-0.2, 0) is 4.79 Å². The third-order valence-corrected chi connectivity index (χ3v) is 5.00. The first-order valence-electron chi connectivity index (χ1n) is 8.96. The third-order valence-electron chi connectivity index (χ3n) is 5.00. The Bertz CT molecular complexity index is 870. The molecule has 0 radical (unpaired) electrons. The molecule has 1 heterocycles. The Morgan fingerprint density at radius 3 is 2.00 bits per heavy atom. The Hall–Kier alpha value is -3.15. The molecule has 3 rings (SSSR count). The van der Waals surface area contributed by atoms with Crippen molar-refractivity contribution in [3.05, 3.63) is 59.7 Å². The van der Waals surface area contributed by atoms with E-state index in [-0.39, 0.29) is 23.3 Å². The number of primary amides is 1. The van der Waals surface area contributed by atoms with Gasteiger partial charge in [-0.05, 0) is 42.0 Å². The summed E-state index contributed by atoms with van der Waals surface area (Å²) in [4.78, 5) is 37.5. The molecule has 1 aliphatic heterocycles. The van der Waals surface area contributed by atoms with Gasteiger partial charge >= 0.3 is 5.97 Å². The SMILES string of the molecule is NC(=O)CC1CCN(C(=O)c2ccccc2-c2ccccc2C(=O)O)CC1. The number of likely N-dealkylation sites (tertiary alicyclic amines) is 1. The number of benzene rings is 2. The van der Waals surface area contributed by atoms with E-state index in [1.807, 2.05) is 0 Å². The van der Waals surface area contributed by atoms with Crippen LogP contribution in [0.15, 0.2) is 48.5 Å². The van der Waals surface area contributed by atoms with Crippen LogP contribution in [0.2, 0.25) is 0 Å². The Labute approximate surface area is 157 Å². The number of rotatable bonds is 5. The molecule has 6 nitrogen and oxygen atoms in total. The number of carboxylic acid groups (broad SMARTS) is 1. The first-order valence-corrected chi connectivity index (χ1v) is 8.96. The Kier molecular flexibility index (Phi) is 5.54. The van der Waals surface area contributed by atoms with Crippen molar-refractivity contribution < 1.29 is 19.5 Å². The normalized spacial score (nSPS) is 14.7.